The fourth-order valence-corrected chi connectivity index (χ4v) is 3.27. The average Bonchev–Trinajstić information content (AvgIpc) is 3.21. The number of aromatic amines is 1. The molecule has 21 heavy (non-hydrogen) atoms. The molecule has 0 spiro atoms. The Bertz CT molecular complexity index is 746. The number of H-pyrrole nitrogens is 1. The van der Waals surface area contributed by atoms with Crippen molar-refractivity contribution in [1.82, 2.24) is 14.8 Å². The minimum atomic E-state index is -0.924. The molecule has 0 aliphatic heterocycles. The molecule has 1 aromatic heterocycles. The van der Waals surface area contributed by atoms with Crippen molar-refractivity contribution in [3.05, 3.63) is 45.4 Å². The van der Waals surface area contributed by atoms with Crippen molar-refractivity contribution in [2.24, 2.45) is 0 Å². The lowest BCUT2D eigenvalue weighted by Crippen LogP contribution is -2.16. The summed E-state index contributed by atoms with van der Waals surface area (Å²) in [4.78, 5) is 22.6. The van der Waals surface area contributed by atoms with Crippen molar-refractivity contribution in [3.63, 3.8) is 0 Å². The van der Waals surface area contributed by atoms with Gasteiger partial charge in [0.05, 0.1) is 5.56 Å². The summed E-state index contributed by atoms with van der Waals surface area (Å²) in [6.45, 7) is 1.89. The maximum absolute atomic E-state index is 11.7. The highest BCUT2D eigenvalue weighted by molar-refractivity contribution is 7.98. The number of nitrogens with one attached hydrogen (secondary N) is 1. The number of carbonyl (C=O) groups is 1. The first-order chi connectivity index (χ1) is 10.1. The second kappa shape index (κ2) is 5.40. The predicted molar refractivity (Wildman–Crippen MR) is 78.8 cm³/mol. The van der Waals surface area contributed by atoms with E-state index in [1.54, 1.807) is 16.7 Å². The number of carboxylic acids is 1. The van der Waals surface area contributed by atoms with Gasteiger partial charge in [0.15, 0.2) is 5.16 Å². The average molecular weight is 305 g/mol. The summed E-state index contributed by atoms with van der Waals surface area (Å²) in [5.74, 6) is -0.268. The van der Waals surface area contributed by atoms with E-state index in [-0.39, 0.29) is 17.3 Å². The Balaban J connectivity index is 1.76. The van der Waals surface area contributed by atoms with Crippen molar-refractivity contribution >= 4 is 17.7 Å². The van der Waals surface area contributed by atoms with Gasteiger partial charge in [0.25, 0.3) is 0 Å². The van der Waals surface area contributed by atoms with Crippen molar-refractivity contribution in [3.8, 4) is 0 Å². The molecular weight excluding hydrogens is 290 g/mol. The largest absolute Gasteiger partial charge is 0.478 e. The minimum absolute atomic E-state index is 0.155. The summed E-state index contributed by atoms with van der Waals surface area (Å²) in [6.07, 6.45) is 2.05. The molecule has 1 saturated carbocycles. The third kappa shape index (κ3) is 2.87. The van der Waals surface area contributed by atoms with E-state index >= 15 is 0 Å². The van der Waals surface area contributed by atoms with Crippen LogP contribution in [0.1, 0.15) is 40.4 Å². The Morgan fingerprint density at radius 3 is 2.90 bits per heavy atom. The smallest absolute Gasteiger partial charge is 0.344 e. The molecule has 0 unspecified atom stereocenters. The van der Waals surface area contributed by atoms with Gasteiger partial charge in [-0.05, 0) is 43.0 Å². The molecule has 1 aliphatic carbocycles. The van der Waals surface area contributed by atoms with Crippen LogP contribution in [0.5, 0.6) is 0 Å². The number of thioether (sulfide) groups is 1. The van der Waals surface area contributed by atoms with Gasteiger partial charge in [-0.3, -0.25) is 4.57 Å². The lowest BCUT2D eigenvalue weighted by Gasteiger charge is -2.07. The number of aromatic nitrogens is 3. The molecule has 1 heterocycles. The summed E-state index contributed by atoms with van der Waals surface area (Å²) < 4.78 is 1.71. The Morgan fingerprint density at radius 1 is 1.52 bits per heavy atom. The first-order valence-corrected chi connectivity index (χ1v) is 7.67. The van der Waals surface area contributed by atoms with Gasteiger partial charge in [-0.1, -0.05) is 17.8 Å². The SMILES string of the molecule is Cc1cc(C(=O)O)ccc1CSc1n[nH]c(=O)n1C1CC1. The van der Waals surface area contributed by atoms with Crippen LogP contribution < -0.4 is 5.69 Å². The molecule has 110 valence electrons. The number of aryl methyl sites for hydroxylation is 1. The number of hydrogen-bond donors (Lipinski definition) is 2. The predicted octanol–water partition coefficient (Wildman–Crippen LogP) is 2.21. The number of hydrogen-bond acceptors (Lipinski definition) is 4. The second-order valence-corrected chi connectivity index (χ2v) is 6.09. The Kier molecular flexibility index (Phi) is 3.59. The molecule has 0 radical (unpaired) electrons. The Morgan fingerprint density at radius 2 is 2.29 bits per heavy atom. The van der Waals surface area contributed by atoms with Gasteiger partial charge in [0, 0.05) is 11.8 Å². The van der Waals surface area contributed by atoms with Crippen molar-refractivity contribution in [2.75, 3.05) is 0 Å². The van der Waals surface area contributed by atoms with E-state index in [2.05, 4.69) is 10.2 Å². The molecule has 0 atom stereocenters. The molecule has 2 aromatic rings. The van der Waals surface area contributed by atoms with E-state index in [1.807, 2.05) is 13.0 Å². The van der Waals surface area contributed by atoms with Gasteiger partial charge >= 0.3 is 11.7 Å². The Hall–Kier alpha value is -2.02. The van der Waals surface area contributed by atoms with Gasteiger partial charge in [-0.2, -0.15) is 0 Å². The fraction of sp³-hybridized carbons (Fsp3) is 0.357. The fourth-order valence-electron chi connectivity index (χ4n) is 2.18. The molecule has 0 bridgehead atoms. The summed E-state index contributed by atoms with van der Waals surface area (Å²) in [7, 11) is 0. The van der Waals surface area contributed by atoms with Crippen LogP contribution in [0.3, 0.4) is 0 Å². The first kappa shape index (κ1) is 13.9. The molecule has 6 nitrogen and oxygen atoms in total. The topological polar surface area (TPSA) is 88.0 Å². The van der Waals surface area contributed by atoms with E-state index in [0.717, 1.165) is 24.0 Å². The van der Waals surface area contributed by atoms with E-state index in [9.17, 15) is 9.59 Å². The quantitative estimate of drug-likeness (QED) is 0.827. The van der Waals surface area contributed by atoms with Gasteiger partial charge in [-0.25, -0.2) is 14.7 Å². The summed E-state index contributed by atoms with van der Waals surface area (Å²) in [6, 6.07) is 5.37. The van der Waals surface area contributed by atoms with Gasteiger partial charge in [-0.15, -0.1) is 5.10 Å². The zero-order valence-corrected chi connectivity index (χ0v) is 12.3. The summed E-state index contributed by atoms with van der Waals surface area (Å²) >= 11 is 1.49. The van der Waals surface area contributed by atoms with Crippen LogP contribution in [-0.2, 0) is 5.75 Å². The van der Waals surface area contributed by atoms with Gasteiger partial charge in [0.2, 0.25) is 0 Å². The highest BCUT2D eigenvalue weighted by Gasteiger charge is 2.28. The molecule has 0 saturated heterocycles. The number of benzene rings is 1. The maximum atomic E-state index is 11.7. The van der Waals surface area contributed by atoms with Crippen LogP contribution >= 0.6 is 11.8 Å². The Labute approximate surface area is 125 Å². The van der Waals surface area contributed by atoms with E-state index in [1.165, 1.54) is 11.8 Å². The minimum Gasteiger partial charge on any atom is -0.478 e. The molecule has 0 amide bonds. The van der Waals surface area contributed by atoms with Gasteiger partial charge in [0.1, 0.15) is 0 Å². The number of rotatable bonds is 5. The lowest BCUT2D eigenvalue weighted by molar-refractivity contribution is 0.0697. The van der Waals surface area contributed by atoms with Crippen LogP contribution in [0.2, 0.25) is 0 Å². The highest BCUT2D eigenvalue weighted by Crippen LogP contribution is 2.36. The van der Waals surface area contributed by atoms with E-state index in [4.69, 9.17) is 5.11 Å². The zero-order valence-electron chi connectivity index (χ0n) is 11.5. The summed E-state index contributed by atoms with van der Waals surface area (Å²) in [5, 5.41) is 16.2. The van der Waals surface area contributed by atoms with E-state index in [0.29, 0.717) is 10.9 Å². The van der Waals surface area contributed by atoms with E-state index < -0.39 is 5.97 Å². The lowest BCUT2D eigenvalue weighted by atomic mass is 10.1. The highest BCUT2D eigenvalue weighted by atomic mass is 32.2. The van der Waals surface area contributed by atoms with Crippen LogP contribution in [0.15, 0.2) is 28.2 Å². The number of nitrogens with zero attached hydrogens (tertiary/aromatic N) is 2. The first-order valence-electron chi connectivity index (χ1n) is 6.69. The van der Waals surface area contributed by atoms with Crippen LogP contribution in [0.25, 0.3) is 0 Å². The second-order valence-electron chi connectivity index (χ2n) is 5.15. The number of carboxylic acid groups (broad SMARTS) is 1. The molecule has 2 N–H and O–H groups in total. The summed E-state index contributed by atoms with van der Waals surface area (Å²) in [5.41, 5.74) is 2.11. The maximum Gasteiger partial charge on any atom is 0.344 e. The van der Waals surface area contributed by atoms with Crippen molar-refractivity contribution < 1.29 is 9.90 Å². The van der Waals surface area contributed by atoms with Gasteiger partial charge < -0.3 is 5.11 Å². The monoisotopic (exact) mass is 305 g/mol. The van der Waals surface area contributed by atoms with Crippen LogP contribution in [0.4, 0.5) is 0 Å². The zero-order chi connectivity index (χ0) is 15.0. The molecule has 1 aliphatic rings. The standard InChI is InChI=1S/C14H15N3O3S/c1-8-6-9(12(18)19)2-3-10(8)7-21-14-16-15-13(20)17(14)11-4-5-11/h2-3,6,11H,4-5,7H2,1H3,(H,15,20)(H,18,19). The van der Waals surface area contributed by atoms with Crippen molar-refractivity contribution in [2.45, 2.75) is 36.7 Å². The van der Waals surface area contributed by atoms with Crippen LogP contribution in [-0.4, -0.2) is 25.8 Å². The van der Waals surface area contributed by atoms with Crippen molar-refractivity contribution in [1.29, 1.82) is 0 Å². The number of aromatic carboxylic acids is 1. The normalized spacial score (nSPS) is 14.3. The van der Waals surface area contributed by atoms with Crippen LogP contribution in [0, 0.1) is 6.92 Å². The molecule has 7 heteroatoms. The molecular formula is C14H15N3O3S. The molecule has 1 aromatic carbocycles. The molecule has 1 fully saturated rings. The molecule has 3 rings (SSSR count). The third-order valence-corrected chi connectivity index (χ3v) is 4.53. The third-order valence-electron chi connectivity index (χ3n) is 3.53.